The molecule has 114 valence electrons. The van der Waals surface area contributed by atoms with Crippen LogP contribution in [0, 0.1) is 0 Å². The molecule has 1 N–H and O–H groups in total. The minimum absolute atomic E-state index is 0.000647. The van der Waals surface area contributed by atoms with Gasteiger partial charge in [-0.15, -0.1) is 0 Å². The van der Waals surface area contributed by atoms with Gasteiger partial charge < -0.3 is 15.1 Å². The van der Waals surface area contributed by atoms with E-state index in [1.807, 2.05) is 16.7 Å². The molecule has 1 amide bonds. The highest BCUT2D eigenvalue weighted by Crippen LogP contribution is 2.23. The van der Waals surface area contributed by atoms with E-state index in [0.29, 0.717) is 11.4 Å². The second kappa shape index (κ2) is 6.09. The Hall–Kier alpha value is -1.50. The van der Waals surface area contributed by atoms with Crippen molar-refractivity contribution in [1.29, 1.82) is 0 Å². The Morgan fingerprint density at radius 2 is 1.71 bits per heavy atom. The standard InChI is InChI=1S/C14H19N3O3S/c18-10(16-3-1-2-4-16)9-15-11-12(14(20)13(11)19)17-5-7-21-8-6-17/h15H,1-9H2. The van der Waals surface area contributed by atoms with Crippen LogP contribution >= 0.6 is 11.8 Å². The fraction of sp³-hybridized carbons (Fsp3) is 0.643. The molecule has 0 aliphatic carbocycles. The second-order valence-electron chi connectivity index (χ2n) is 5.42. The highest BCUT2D eigenvalue weighted by atomic mass is 32.2. The maximum Gasteiger partial charge on any atom is 0.253 e. The lowest BCUT2D eigenvalue weighted by atomic mass is 10.1. The van der Waals surface area contributed by atoms with Gasteiger partial charge in [0.25, 0.3) is 10.9 Å². The lowest BCUT2D eigenvalue weighted by molar-refractivity contribution is -0.128. The molecule has 2 aliphatic heterocycles. The average molecular weight is 309 g/mol. The van der Waals surface area contributed by atoms with Gasteiger partial charge in [-0.1, -0.05) is 0 Å². The molecular formula is C14H19N3O3S. The highest BCUT2D eigenvalue weighted by molar-refractivity contribution is 7.99. The third-order valence-electron chi connectivity index (χ3n) is 4.09. The van der Waals surface area contributed by atoms with Crippen LogP contribution in [0.1, 0.15) is 12.8 Å². The number of nitrogens with one attached hydrogen (secondary N) is 1. The van der Waals surface area contributed by atoms with Crippen molar-refractivity contribution < 1.29 is 4.79 Å². The van der Waals surface area contributed by atoms with Crippen molar-refractivity contribution in [2.24, 2.45) is 0 Å². The van der Waals surface area contributed by atoms with Gasteiger partial charge in [-0.3, -0.25) is 14.4 Å². The molecule has 7 heteroatoms. The van der Waals surface area contributed by atoms with E-state index in [-0.39, 0.29) is 12.5 Å². The average Bonchev–Trinajstić information content (AvgIpc) is 3.05. The Balaban J connectivity index is 1.65. The van der Waals surface area contributed by atoms with Crippen molar-refractivity contribution in [3.63, 3.8) is 0 Å². The zero-order valence-electron chi connectivity index (χ0n) is 11.9. The third-order valence-corrected chi connectivity index (χ3v) is 5.03. The summed E-state index contributed by atoms with van der Waals surface area (Å²) in [6.45, 7) is 3.25. The summed E-state index contributed by atoms with van der Waals surface area (Å²) in [6.07, 6.45) is 2.09. The Labute approximate surface area is 127 Å². The van der Waals surface area contributed by atoms with Gasteiger partial charge in [-0.25, -0.2) is 0 Å². The van der Waals surface area contributed by atoms with Crippen molar-refractivity contribution in [2.75, 3.05) is 54.4 Å². The monoisotopic (exact) mass is 309 g/mol. The molecule has 2 heterocycles. The first-order chi connectivity index (χ1) is 10.2. The maximum atomic E-state index is 12.0. The summed E-state index contributed by atoms with van der Waals surface area (Å²) in [5, 5.41) is 2.89. The molecule has 0 atom stereocenters. The minimum atomic E-state index is -0.488. The Morgan fingerprint density at radius 1 is 1.05 bits per heavy atom. The van der Waals surface area contributed by atoms with Gasteiger partial charge >= 0.3 is 0 Å². The van der Waals surface area contributed by atoms with Gasteiger partial charge in [0, 0.05) is 37.7 Å². The first-order valence-corrected chi connectivity index (χ1v) is 8.51. The smallest absolute Gasteiger partial charge is 0.253 e. The fourth-order valence-corrected chi connectivity index (χ4v) is 3.78. The Bertz CT molecular complexity index is 597. The molecule has 2 fully saturated rings. The molecule has 0 spiro atoms. The first-order valence-electron chi connectivity index (χ1n) is 7.36. The molecule has 0 radical (unpaired) electrons. The predicted octanol–water partition coefficient (Wildman–Crippen LogP) is -0.130. The van der Waals surface area contributed by atoms with Crippen molar-refractivity contribution in [2.45, 2.75) is 12.8 Å². The molecule has 2 aliphatic rings. The van der Waals surface area contributed by atoms with Crippen molar-refractivity contribution in [3.8, 4) is 0 Å². The highest BCUT2D eigenvalue weighted by Gasteiger charge is 2.28. The molecule has 6 nitrogen and oxygen atoms in total. The largest absolute Gasteiger partial charge is 0.371 e. The minimum Gasteiger partial charge on any atom is -0.371 e. The van der Waals surface area contributed by atoms with Crippen molar-refractivity contribution in [1.82, 2.24) is 4.90 Å². The maximum absolute atomic E-state index is 12.0. The van der Waals surface area contributed by atoms with Gasteiger partial charge in [-0.05, 0) is 12.8 Å². The summed E-state index contributed by atoms with van der Waals surface area (Å²) >= 11 is 1.85. The van der Waals surface area contributed by atoms with Crippen LogP contribution in [0.4, 0.5) is 11.4 Å². The molecule has 1 aromatic rings. The molecular weight excluding hydrogens is 290 g/mol. The second-order valence-corrected chi connectivity index (χ2v) is 6.65. The number of amides is 1. The number of nitrogens with zero attached hydrogens (tertiary/aromatic N) is 2. The number of likely N-dealkylation sites (tertiary alicyclic amines) is 1. The normalized spacial score (nSPS) is 19.2. The molecule has 21 heavy (non-hydrogen) atoms. The summed E-state index contributed by atoms with van der Waals surface area (Å²) < 4.78 is 0. The van der Waals surface area contributed by atoms with Gasteiger partial charge in [0.05, 0.1) is 6.54 Å². The summed E-state index contributed by atoms with van der Waals surface area (Å²) in [7, 11) is 0. The van der Waals surface area contributed by atoms with E-state index >= 15 is 0 Å². The van der Waals surface area contributed by atoms with E-state index in [2.05, 4.69) is 5.32 Å². The van der Waals surface area contributed by atoms with Crippen LogP contribution in [0.25, 0.3) is 0 Å². The molecule has 0 unspecified atom stereocenters. The quantitative estimate of drug-likeness (QED) is 0.782. The Morgan fingerprint density at radius 3 is 2.38 bits per heavy atom. The van der Waals surface area contributed by atoms with Crippen LogP contribution in [-0.2, 0) is 4.79 Å². The predicted molar refractivity (Wildman–Crippen MR) is 85.2 cm³/mol. The number of anilines is 2. The first kappa shape index (κ1) is 14.4. The number of carbonyl (C=O) groups excluding carboxylic acids is 1. The molecule has 0 saturated carbocycles. The lowest BCUT2D eigenvalue weighted by Gasteiger charge is -2.30. The van der Waals surface area contributed by atoms with Crippen LogP contribution in [-0.4, -0.2) is 55.0 Å². The van der Waals surface area contributed by atoms with Crippen LogP contribution in [0.15, 0.2) is 9.59 Å². The van der Waals surface area contributed by atoms with E-state index in [9.17, 15) is 14.4 Å². The number of hydrogen-bond donors (Lipinski definition) is 1. The van der Waals surface area contributed by atoms with E-state index < -0.39 is 10.9 Å². The van der Waals surface area contributed by atoms with Crippen molar-refractivity contribution >= 4 is 29.0 Å². The topological polar surface area (TPSA) is 69.7 Å². The van der Waals surface area contributed by atoms with E-state index in [0.717, 1.165) is 50.5 Å². The fourth-order valence-electron chi connectivity index (χ4n) is 2.87. The molecule has 1 aromatic carbocycles. The summed E-state index contributed by atoms with van der Waals surface area (Å²) in [4.78, 5) is 39.3. The van der Waals surface area contributed by atoms with E-state index in [1.54, 1.807) is 4.90 Å². The summed E-state index contributed by atoms with van der Waals surface area (Å²) in [6, 6.07) is 0. The zero-order chi connectivity index (χ0) is 14.8. The van der Waals surface area contributed by atoms with Crippen molar-refractivity contribution in [3.05, 3.63) is 20.4 Å². The van der Waals surface area contributed by atoms with Gasteiger partial charge in [-0.2, -0.15) is 11.8 Å². The summed E-state index contributed by atoms with van der Waals surface area (Å²) in [5.41, 5.74) is -0.0931. The van der Waals surface area contributed by atoms with E-state index in [1.165, 1.54) is 0 Å². The molecule has 0 aromatic heterocycles. The molecule has 2 saturated heterocycles. The summed E-state index contributed by atoms with van der Waals surface area (Å²) in [5.74, 6) is 1.93. The number of rotatable bonds is 4. The van der Waals surface area contributed by atoms with Gasteiger partial charge in [0.2, 0.25) is 5.91 Å². The Kier molecular flexibility index (Phi) is 4.19. The van der Waals surface area contributed by atoms with E-state index in [4.69, 9.17) is 0 Å². The van der Waals surface area contributed by atoms with Crippen LogP contribution in [0.3, 0.4) is 0 Å². The van der Waals surface area contributed by atoms with Crippen LogP contribution in [0.2, 0.25) is 0 Å². The third kappa shape index (κ3) is 2.79. The van der Waals surface area contributed by atoms with Gasteiger partial charge in [0.1, 0.15) is 11.4 Å². The molecule has 0 bridgehead atoms. The van der Waals surface area contributed by atoms with Gasteiger partial charge in [0.15, 0.2) is 0 Å². The number of hydrogen-bond acceptors (Lipinski definition) is 6. The van der Waals surface area contributed by atoms with Crippen LogP contribution in [0.5, 0.6) is 0 Å². The lowest BCUT2D eigenvalue weighted by Crippen LogP contribution is -2.46. The SMILES string of the molecule is O=C(CNc1c(N2CCSCC2)c(=O)c1=O)N1CCCC1. The number of thioether (sulfide) groups is 1. The van der Waals surface area contributed by atoms with Crippen LogP contribution < -0.4 is 21.1 Å². The molecule has 3 rings (SSSR count). The zero-order valence-corrected chi connectivity index (χ0v) is 12.7. The number of carbonyl (C=O) groups is 1.